The minimum Gasteiger partial charge on any atom is -0.314 e. The molecule has 0 bridgehead atoms. The van der Waals surface area contributed by atoms with Gasteiger partial charge in [0.05, 0.1) is 23.1 Å². The summed E-state index contributed by atoms with van der Waals surface area (Å²) < 4.78 is 1.89. The Kier molecular flexibility index (Phi) is 4.46. The van der Waals surface area contributed by atoms with Crippen molar-refractivity contribution >= 4 is 46.6 Å². The zero-order chi connectivity index (χ0) is 21.8. The number of halogens is 2. The number of aromatic nitrogens is 2. The minimum atomic E-state index is -0.154. The fourth-order valence-corrected chi connectivity index (χ4v) is 4.89. The molecule has 0 spiro atoms. The topological polar surface area (TPSA) is 33.4 Å². The molecular weight excluding hydrogens is 439 g/mol. The van der Waals surface area contributed by atoms with Gasteiger partial charge in [0.1, 0.15) is 5.84 Å². The van der Waals surface area contributed by atoms with Gasteiger partial charge in [-0.25, -0.2) is 9.67 Å². The van der Waals surface area contributed by atoms with Crippen LogP contribution in [-0.2, 0) is 0 Å². The molecular formula is C26H18Cl2N4. The first-order valence-corrected chi connectivity index (χ1v) is 11.1. The molecule has 0 N–H and O–H groups in total. The van der Waals surface area contributed by atoms with E-state index in [2.05, 4.69) is 47.4 Å². The van der Waals surface area contributed by atoms with Gasteiger partial charge < -0.3 is 4.90 Å². The van der Waals surface area contributed by atoms with E-state index in [4.69, 9.17) is 33.3 Å². The molecule has 4 nitrogen and oxygen atoms in total. The van der Waals surface area contributed by atoms with E-state index < -0.39 is 0 Å². The van der Waals surface area contributed by atoms with Crippen LogP contribution in [-0.4, -0.2) is 15.6 Å². The van der Waals surface area contributed by atoms with E-state index in [-0.39, 0.29) is 6.04 Å². The molecule has 3 heterocycles. The van der Waals surface area contributed by atoms with Crippen molar-refractivity contribution in [3.63, 3.8) is 0 Å². The van der Waals surface area contributed by atoms with Gasteiger partial charge in [0, 0.05) is 15.6 Å². The van der Waals surface area contributed by atoms with Gasteiger partial charge >= 0.3 is 0 Å². The van der Waals surface area contributed by atoms with E-state index in [0.29, 0.717) is 5.02 Å². The van der Waals surface area contributed by atoms with Crippen LogP contribution in [0.15, 0.2) is 83.9 Å². The summed E-state index contributed by atoms with van der Waals surface area (Å²) in [6.07, 6.45) is 4.17. The van der Waals surface area contributed by atoms with Crippen molar-refractivity contribution < 1.29 is 0 Å². The first-order valence-electron chi connectivity index (χ1n) is 10.4. The first-order chi connectivity index (χ1) is 15.6. The number of rotatable bonds is 2. The Morgan fingerprint density at radius 3 is 2.41 bits per heavy atom. The Morgan fingerprint density at radius 2 is 1.59 bits per heavy atom. The number of nitrogens with zero attached hydrogens (tertiary/aromatic N) is 4. The smallest absolute Gasteiger partial charge is 0.163 e. The number of hydrogen-bond acceptors (Lipinski definition) is 3. The van der Waals surface area contributed by atoms with E-state index in [0.717, 1.165) is 50.4 Å². The summed E-state index contributed by atoms with van der Waals surface area (Å²) in [7, 11) is 0. The van der Waals surface area contributed by atoms with Crippen LogP contribution in [0.2, 0.25) is 10.0 Å². The molecule has 3 aromatic carbocycles. The molecule has 0 saturated carbocycles. The van der Waals surface area contributed by atoms with Crippen LogP contribution < -0.4 is 4.90 Å². The highest BCUT2D eigenvalue weighted by molar-refractivity contribution is 6.31. The van der Waals surface area contributed by atoms with Crippen molar-refractivity contribution in [1.82, 2.24) is 9.78 Å². The molecule has 2 aliphatic heterocycles. The third-order valence-corrected chi connectivity index (χ3v) is 6.56. The van der Waals surface area contributed by atoms with Gasteiger partial charge in [0.2, 0.25) is 0 Å². The summed E-state index contributed by atoms with van der Waals surface area (Å²) in [6, 6.07) is 23.8. The Bertz CT molecular complexity index is 1420. The minimum absolute atomic E-state index is 0.154. The van der Waals surface area contributed by atoms with Crippen LogP contribution in [0.5, 0.6) is 0 Å². The highest BCUT2D eigenvalue weighted by Crippen LogP contribution is 2.47. The molecule has 0 aliphatic carbocycles. The molecule has 1 unspecified atom stereocenters. The second-order valence-electron chi connectivity index (χ2n) is 7.87. The lowest BCUT2D eigenvalue weighted by Crippen LogP contribution is -2.39. The Balaban J connectivity index is 1.65. The zero-order valence-corrected chi connectivity index (χ0v) is 18.7. The Hall–Kier alpha value is -3.34. The predicted octanol–water partition coefficient (Wildman–Crippen LogP) is 7.15. The van der Waals surface area contributed by atoms with Gasteiger partial charge in [-0.15, -0.1) is 0 Å². The monoisotopic (exact) mass is 456 g/mol. The summed E-state index contributed by atoms with van der Waals surface area (Å²) in [4.78, 5) is 7.34. The van der Waals surface area contributed by atoms with Gasteiger partial charge in [0.25, 0.3) is 0 Å². The second kappa shape index (κ2) is 7.37. The van der Waals surface area contributed by atoms with Gasteiger partial charge in [0.15, 0.2) is 5.82 Å². The number of para-hydroxylation sites is 1. The SMILES string of the molecule is Cc1nn(-c2ccc(Cl)cc2)c2c1C(c1ccccc1Cl)N1C(=N2)C=Cc2ccccc21. The number of benzene rings is 3. The summed E-state index contributed by atoms with van der Waals surface area (Å²) in [5, 5.41) is 6.29. The molecule has 1 aromatic heterocycles. The summed E-state index contributed by atoms with van der Waals surface area (Å²) in [6.45, 7) is 2.03. The van der Waals surface area contributed by atoms with E-state index in [1.54, 1.807) is 0 Å². The van der Waals surface area contributed by atoms with Gasteiger partial charge in [-0.1, -0.05) is 59.6 Å². The van der Waals surface area contributed by atoms with E-state index in [1.807, 2.05) is 54.1 Å². The molecule has 2 aliphatic rings. The Labute approximate surface area is 196 Å². The molecule has 1 atom stereocenters. The number of amidine groups is 1. The third-order valence-electron chi connectivity index (χ3n) is 5.96. The number of hydrogen-bond donors (Lipinski definition) is 0. The summed E-state index contributed by atoms with van der Waals surface area (Å²) >= 11 is 12.9. The van der Waals surface area contributed by atoms with Crippen LogP contribution in [0.25, 0.3) is 11.8 Å². The first kappa shape index (κ1) is 19.4. The average Bonchev–Trinajstić information content (AvgIpc) is 3.14. The zero-order valence-electron chi connectivity index (χ0n) is 17.2. The van der Waals surface area contributed by atoms with Crippen molar-refractivity contribution in [1.29, 1.82) is 0 Å². The van der Waals surface area contributed by atoms with Crippen LogP contribution >= 0.6 is 23.2 Å². The largest absolute Gasteiger partial charge is 0.314 e. The Morgan fingerprint density at radius 1 is 0.844 bits per heavy atom. The third kappa shape index (κ3) is 2.91. The van der Waals surface area contributed by atoms with Gasteiger partial charge in [-0.2, -0.15) is 5.10 Å². The van der Waals surface area contributed by atoms with E-state index in [1.165, 1.54) is 0 Å². The van der Waals surface area contributed by atoms with Crippen molar-refractivity contribution in [2.45, 2.75) is 13.0 Å². The van der Waals surface area contributed by atoms with E-state index >= 15 is 0 Å². The fourth-order valence-electron chi connectivity index (χ4n) is 4.52. The predicted molar refractivity (Wildman–Crippen MR) is 132 cm³/mol. The fraction of sp³-hybridized carbons (Fsp3) is 0.0769. The maximum absolute atomic E-state index is 6.75. The molecule has 0 radical (unpaired) electrons. The van der Waals surface area contributed by atoms with Crippen LogP contribution in [0.3, 0.4) is 0 Å². The van der Waals surface area contributed by atoms with Gasteiger partial charge in [-0.3, -0.25) is 0 Å². The van der Waals surface area contributed by atoms with Crippen molar-refractivity contribution in [2.24, 2.45) is 4.99 Å². The number of aliphatic imine (C=N–C) groups is 1. The van der Waals surface area contributed by atoms with Crippen LogP contribution in [0.4, 0.5) is 11.5 Å². The maximum Gasteiger partial charge on any atom is 0.163 e. The van der Waals surface area contributed by atoms with E-state index in [9.17, 15) is 0 Å². The molecule has 0 saturated heterocycles. The molecule has 4 aromatic rings. The molecule has 6 heteroatoms. The quantitative estimate of drug-likeness (QED) is 0.320. The van der Waals surface area contributed by atoms with Crippen molar-refractivity contribution in [3.05, 3.63) is 111 Å². The number of fused-ring (bicyclic) bond motifs is 4. The molecule has 32 heavy (non-hydrogen) atoms. The van der Waals surface area contributed by atoms with Crippen molar-refractivity contribution in [3.8, 4) is 5.69 Å². The second-order valence-corrected chi connectivity index (χ2v) is 8.71. The standard InChI is InChI=1S/C26H18Cl2N4/c1-16-24-25(20-7-3-4-8-21(20)28)31-22-9-5-2-6-17(22)10-15-23(31)29-26(24)32(30-16)19-13-11-18(27)12-14-19/h2-15,25H,1H3. The number of anilines is 1. The number of aryl methyl sites for hydroxylation is 1. The van der Waals surface area contributed by atoms with Crippen LogP contribution in [0.1, 0.15) is 28.4 Å². The molecule has 156 valence electrons. The highest BCUT2D eigenvalue weighted by atomic mass is 35.5. The molecule has 0 amide bonds. The average molecular weight is 457 g/mol. The molecule has 6 rings (SSSR count). The summed E-state index contributed by atoms with van der Waals surface area (Å²) in [5.41, 5.74) is 6.13. The summed E-state index contributed by atoms with van der Waals surface area (Å²) in [5.74, 6) is 1.67. The van der Waals surface area contributed by atoms with Crippen molar-refractivity contribution in [2.75, 3.05) is 4.90 Å². The lowest BCUT2D eigenvalue weighted by atomic mass is 9.92. The normalized spacial score (nSPS) is 16.3. The highest BCUT2D eigenvalue weighted by Gasteiger charge is 2.38. The maximum atomic E-state index is 6.75. The van der Waals surface area contributed by atoms with Gasteiger partial charge in [-0.05, 0) is 66.6 Å². The molecule has 0 fully saturated rings. The lowest BCUT2D eigenvalue weighted by molar-refractivity contribution is 0.814. The van der Waals surface area contributed by atoms with Crippen LogP contribution in [0, 0.1) is 6.92 Å². The lowest BCUT2D eigenvalue weighted by Gasteiger charge is -2.39.